The molecule has 3 unspecified atom stereocenters. The molecule has 2 aliphatic rings. The summed E-state index contributed by atoms with van der Waals surface area (Å²) in [7, 11) is 1.99. The van der Waals surface area contributed by atoms with Gasteiger partial charge in [-0.15, -0.1) is 0 Å². The topological polar surface area (TPSA) is 104 Å². The molecule has 28 heavy (non-hydrogen) atoms. The first-order valence-electron chi connectivity index (χ1n) is 8.48. The van der Waals surface area contributed by atoms with E-state index in [-0.39, 0.29) is 40.2 Å². The van der Waals surface area contributed by atoms with Crippen molar-refractivity contribution in [1.29, 1.82) is 0 Å². The largest absolute Gasteiger partial charge is 0.430 e. The molecule has 1 aromatic rings. The number of Topliss-reactive ketones (excluding diaryl/α,β-unsaturated/α-hetero) is 2. The fourth-order valence-corrected chi connectivity index (χ4v) is 3.74. The van der Waals surface area contributed by atoms with Crippen LogP contribution in [-0.2, 0) is 23.9 Å². The van der Waals surface area contributed by atoms with Crippen LogP contribution in [0.15, 0.2) is 47.4 Å². The maximum absolute atomic E-state index is 13.2. The summed E-state index contributed by atoms with van der Waals surface area (Å²) in [5, 5.41) is 0. The van der Waals surface area contributed by atoms with Crippen LogP contribution in [0, 0.1) is 11.8 Å². The lowest BCUT2D eigenvalue weighted by atomic mass is 9.69. The molecule has 0 spiro atoms. The van der Waals surface area contributed by atoms with Gasteiger partial charge in [-0.05, 0) is 6.08 Å². The van der Waals surface area contributed by atoms with Crippen molar-refractivity contribution in [1.82, 2.24) is 0 Å². The Bertz CT molecular complexity index is 986. The van der Waals surface area contributed by atoms with Crippen molar-refractivity contribution in [3.8, 4) is 0 Å². The predicted molar refractivity (Wildman–Crippen MR) is 100 cm³/mol. The van der Waals surface area contributed by atoms with Gasteiger partial charge in [0.2, 0.25) is 0 Å². The third kappa shape index (κ3) is 3.58. The second-order valence-electron chi connectivity index (χ2n) is 6.50. The van der Waals surface area contributed by atoms with Gasteiger partial charge in [-0.1, -0.05) is 33.5 Å². The molecule has 0 fully saturated rings. The van der Waals surface area contributed by atoms with Gasteiger partial charge < -0.3 is 9.47 Å². The van der Waals surface area contributed by atoms with Gasteiger partial charge in [-0.3, -0.25) is 24.0 Å². The number of allylic oxidation sites excluding steroid dienone is 4. The highest BCUT2D eigenvalue weighted by atomic mass is 31.0. The normalized spacial score (nSPS) is 20.8. The molecule has 0 saturated heterocycles. The fourth-order valence-electron chi connectivity index (χ4n) is 3.52. The van der Waals surface area contributed by atoms with Crippen LogP contribution in [0.1, 0.15) is 41.0 Å². The summed E-state index contributed by atoms with van der Waals surface area (Å²) < 4.78 is 10.5. The zero-order valence-corrected chi connectivity index (χ0v) is 16.3. The average Bonchev–Trinajstić information content (AvgIpc) is 2.60. The van der Waals surface area contributed by atoms with Gasteiger partial charge in [-0.25, -0.2) is 0 Å². The van der Waals surface area contributed by atoms with Gasteiger partial charge in [0.1, 0.15) is 11.5 Å². The number of rotatable bonds is 4. The van der Waals surface area contributed by atoms with Crippen molar-refractivity contribution in [2.45, 2.75) is 20.3 Å². The van der Waals surface area contributed by atoms with Crippen molar-refractivity contribution < 1.29 is 33.4 Å². The number of hydrogen-bond donors (Lipinski definition) is 0. The number of esters is 2. The van der Waals surface area contributed by atoms with E-state index in [9.17, 15) is 24.0 Å². The van der Waals surface area contributed by atoms with E-state index in [1.807, 2.05) is 9.24 Å². The Hall–Kier alpha value is -2.92. The van der Waals surface area contributed by atoms with Crippen LogP contribution in [0.3, 0.4) is 0 Å². The molecule has 144 valence electrons. The number of fused-ring (bicyclic) bond motifs is 2. The highest BCUT2D eigenvalue weighted by Crippen LogP contribution is 2.44. The lowest BCUT2D eigenvalue weighted by Gasteiger charge is -2.35. The molecule has 0 aliphatic heterocycles. The van der Waals surface area contributed by atoms with E-state index in [0.29, 0.717) is 0 Å². The van der Waals surface area contributed by atoms with Crippen LogP contribution < -0.4 is 0 Å². The van der Waals surface area contributed by atoms with E-state index < -0.39 is 35.3 Å². The van der Waals surface area contributed by atoms with E-state index in [1.165, 1.54) is 25.1 Å². The van der Waals surface area contributed by atoms with Crippen LogP contribution in [0.2, 0.25) is 0 Å². The molecule has 0 bridgehead atoms. The van der Waals surface area contributed by atoms with Crippen molar-refractivity contribution in [3.05, 3.63) is 58.6 Å². The van der Waals surface area contributed by atoms with E-state index in [1.54, 1.807) is 12.1 Å². The number of hydrogen-bond acceptors (Lipinski definition) is 7. The van der Waals surface area contributed by atoms with Crippen molar-refractivity contribution in [2.75, 3.05) is 0 Å². The molecule has 0 aromatic heterocycles. The van der Waals surface area contributed by atoms with Gasteiger partial charge in [0.25, 0.3) is 0 Å². The Morgan fingerprint density at radius 3 is 1.96 bits per heavy atom. The maximum atomic E-state index is 13.2. The minimum atomic E-state index is -1.19. The molecular weight excluding hydrogens is 383 g/mol. The summed E-state index contributed by atoms with van der Waals surface area (Å²) in [6.45, 7) is 2.33. The van der Waals surface area contributed by atoms with Crippen LogP contribution in [0.25, 0.3) is 0 Å². The third-order valence-electron chi connectivity index (χ3n) is 4.46. The Morgan fingerprint density at radius 2 is 1.46 bits per heavy atom. The highest BCUT2D eigenvalue weighted by Gasteiger charge is 2.50. The fraction of sp³-hybridized carbons (Fsp3) is 0.250. The van der Waals surface area contributed by atoms with Crippen molar-refractivity contribution in [2.24, 2.45) is 11.8 Å². The van der Waals surface area contributed by atoms with Gasteiger partial charge in [-0.2, -0.15) is 0 Å². The van der Waals surface area contributed by atoms with Crippen molar-refractivity contribution in [3.63, 3.8) is 0 Å². The first-order chi connectivity index (χ1) is 13.2. The van der Waals surface area contributed by atoms with E-state index in [2.05, 4.69) is 0 Å². The molecule has 0 radical (unpaired) electrons. The Morgan fingerprint density at radius 1 is 0.929 bits per heavy atom. The summed E-state index contributed by atoms with van der Waals surface area (Å²) in [5.41, 5.74) is 0.290. The average molecular weight is 400 g/mol. The first-order valence-corrected chi connectivity index (χ1v) is 9.05. The molecule has 3 atom stereocenters. The molecule has 0 N–H and O–H groups in total. The lowest BCUT2D eigenvalue weighted by molar-refractivity contribution is -0.140. The minimum absolute atomic E-state index is 0.0393. The van der Waals surface area contributed by atoms with E-state index in [0.717, 1.165) is 6.92 Å². The van der Waals surface area contributed by atoms with Crippen LogP contribution in [-0.4, -0.2) is 29.0 Å². The summed E-state index contributed by atoms with van der Waals surface area (Å²) >= 11 is 0. The van der Waals surface area contributed by atoms with Gasteiger partial charge >= 0.3 is 11.9 Å². The van der Waals surface area contributed by atoms with Crippen molar-refractivity contribution >= 4 is 38.3 Å². The zero-order chi connectivity index (χ0) is 20.6. The summed E-state index contributed by atoms with van der Waals surface area (Å²) in [4.78, 5) is 61.3. The van der Waals surface area contributed by atoms with Gasteiger partial charge in [0, 0.05) is 37.0 Å². The zero-order valence-electron chi connectivity index (χ0n) is 15.2. The molecule has 0 saturated carbocycles. The second-order valence-corrected chi connectivity index (χ2v) is 7.14. The molecular formula is C20H17O7P. The molecule has 0 heterocycles. The number of benzene rings is 1. The maximum Gasteiger partial charge on any atom is 0.307 e. The van der Waals surface area contributed by atoms with Crippen LogP contribution in [0.5, 0.6) is 0 Å². The number of carbonyl (C=O) groups excluding carboxylic acids is 5. The molecule has 2 aliphatic carbocycles. The standard InChI is InChI=1S/C20H17O7P/c1-9(21)26-14-7-11(8-15(23)28)20(27-10(2)22)17-16(14)18(24)12-5-3-4-6-13(12)19(17)25/h3-7,16-17H,8,28H2,1-2H3. The monoisotopic (exact) mass is 400 g/mol. The molecule has 0 amide bonds. The number of ether oxygens (including phenoxy) is 2. The number of carbonyl (C=O) groups is 5. The van der Waals surface area contributed by atoms with E-state index in [4.69, 9.17) is 9.47 Å². The minimum Gasteiger partial charge on any atom is -0.430 e. The molecule has 1 aromatic carbocycles. The molecule has 3 rings (SSSR count). The van der Waals surface area contributed by atoms with E-state index >= 15 is 0 Å². The van der Waals surface area contributed by atoms with Crippen LogP contribution in [0.4, 0.5) is 0 Å². The second kappa shape index (κ2) is 7.60. The smallest absolute Gasteiger partial charge is 0.307 e. The van der Waals surface area contributed by atoms with Gasteiger partial charge in [0.05, 0.1) is 11.8 Å². The third-order valence-corrected chi connectivity index (χ3v) is 4.66. The number of ketones is 2. The quantitative estimate of drug-likeness (QED) is 0.565. The highest BCUT2D eigenvalue weighted by molar-refractivity contribution is 7.40. The predicted octanol–water partition coefficient (Wildman–Crippen LogP) is 2.37. The van der Waals surface area contributed by atoms with Crippen LogP contribution >= 0.6 is 9.24 Å². The SMILES string of the molecule is CC(=O)OC1=CC(CC(=O)P)=C(OC(C)=O)C2C(=O)c3ccccc3C(=O)C12. The Balaban J connectivity index is 2.26. The summed E-state index contributed by atoms with van der Waals surface area (Å²) in [6.07, 6.45) is 1.16. The van der Waals surface area contributed by atoms with Gasteiger partial charge in [0.15, 0.2) is 17.1 Å². The molecule has 7 nitrogen and oxygen atoms in total. The lowest BCUT2D eigenvalue weighted by Crippen LogP contribution is -2.42. The Kier molecular flexibility index (Phi) is 5.38. The Labute approximate surface area is 163 Å². The summed E-state index contributed by atoms with van der Waals surface area (Å²) in [6, 6.07) is 6.29. The first kappa shape index (κ1) is 19.8. The molecule has 8 heteroatoms. The summed E-state index contributed by atoms with van der Waals surface area (Å²) in [5.74, 6) is -4.66.